The molecule has 0 radical (unpaired) electrons. The van der Waals surface area contributed by atoms with Gasteiger partial charge in [0, 0.05) is 18.5 Å². The topological polar surface area (TPSA) is 73.1 Å². The van der Waals surface area contributed by atoms with Gasteiger partial charge in [-0.1, -0.05) is 30.3 Å². The van der Waals surface area contributed by atoms with Crippen molar-refractivity contribution in [1.29, 1.82) is 0 Å². The van der Waals surface area contributed by atoms with E-state index in [0.717, 1.165) is 5.56 Å². The Morgan fingerprint density at radius 2 is 2.12 bits per heavy atom. The summed E-state index contributed by atoms with van der Waals surface area (Å²) in [5.41, 5.74) is 0.779. The van der Waals surface area contributed by atoms with Crippen molar-refractivity contribution in [2.24, 2.45) is 0 Å². The predicted molar refractivity (Wildman–Crippen MR) is 80.2 cm³/mol. The van der Waals surface area contributed by atoms with Gasteiger partial charge >= 0.3 is 0 Å². The van der Waals surface area contributed by atoms with Crippen LogP contribution in [0.15, 0.2) is 30.3 Å². The maximum absolute atomic E-state index is 12.7. The first-order chi connectivity index (χ1) is 11.6. The second-order valence-corrected chi connectivity index (χ2v) is 5.47. The van der Waals surface area contributed by atoms with Gasteiger partial charge in [0.25, 0.3) is 0 Å². The first-order valence-electron chi connectivity index (χ1n) is 7.62. The van der Waals surface area contributed by atoms with Crippen LogP contribution in [0.1, 0.15) is 6.42 Å². The lowest BCUT2D eigenvalue weighted by atomic mass is 10.1. The average Bonchev–Trinajstić information content (AvgIpc) is 3.03. The molecule has 1 aromatic heterocycles. The molecule has 0 N–H and O–H groups in total. The number of aromatic nitrogens is 4. The zero-order valence-electron chi connectivity index (χ0n) is 12.9. The molecule has 0 aliphatic carbocycles. The van der Waals surface area contributed by atoms with Crippen molar-refractivity contribution in [1.82, 2.24) is 25.1 Å². The molecular weight excluding hydrogens is 320 g/mol. The number of tetrazole rings is 1. The highest BCUT2D eigenvalue weighted by molar-refractivity contribution is 5.77. The normalized spacial score (nSPS) is 18.1. The third-order valence-corrected chi connectivity index (χ3v) is 3.85. The highest BCUT2D eigenvalue weighted by atomic mass is 19.3. The third-order valence-electron chi connectivity index (χ3n) is 3.85. The van der Waals surface area contributed by atoms with Crippen molar-refractivity contribution in [3.8, 4) is 11.4 Å². The maximum Gasteiger partial charge on any atom is 0.244 e. The quantitative estimate of drug-likeness (QED) is 0.820. The van der Waals surface area contributed by atoms with E-state index in [0.29, 0.717) is 19.0 Å². The molecule has 2 heterocycles. The molecule has 0 saturated carbocycles. The molecule has 1 atom stereocenters. The van der Waals surface area contributed by atoms with Gasteiger partial charge in [0.05, 0.1) is 19.3 Å². The minimum absolute atomic E-state index is 0.100. The number of hydrogen-bond acceptors (Lipinski definition) is 5. The molecule has 1 saturated heterocycles. The fourth-order valence-corrected chi connectivity index (χ4v) is 2.71. The van der Waals surface area contributed by atoms with Gasteiger partial charge in [-0.15, -0.1) is 5.10 Å². The number of nitrogens with zero attached hydrogens (tertiary/aromatic N) is 5. The van der Waals surface area contributed by atoms with E-state index in [1.807, 2.05) is 30.3 Å². The summed E-state index contributed by atoms with van der Waals surface area (Å²) in [5, 5.41) is 11.4. The second-order valence-electron chi connectivity index (χ2n) is 5.47. The zero-order valence-corrected chi connectivity index (χ0v) is 12.9. The predicted octanol–water partition coefficient (Wildman–Crippen LogP) is 1.22. The van der Waals surface area contributed by atoms with E-state index in [4.69, 9.17) is 4.74 Å². The van der Waals surface area contributed by atoms with Crippen molar-refractivity contribution in [2.75, 3.05) is 19.8 Å². The Morgan fingerprint density at radius 3 is 2.88 bits per heavy atom. The molecule has 1 amide bonds. The number of rotatable bonds is 5. The summed E-state index contributed by atoms with van der Waals surface area (Å²) in [4.78, 5) is 14.0. The van der Waals surface area contributed by atoms with E-state index >= 15 is 0 Å². The van der Waals surface area contributed by atoms with Gasteiger partial charge in [-0.3, -0.25) is 4.79 Å². The van der Waals surface area contributed by atoms with E-state index in [9.17, 15) is 13.6 Å². The van der Waals surface area contributed by atoms with Crippen molar-refractivity contribution in [3.63, 3.8) is 0 Å². The number of carbonyl (C=O) groups is 1. The molecule has 1 aliphatic heterocycles. The standard InChI is InChI=1S/C15H17F2N5O2/c16-13(17)8-12-10-24-7-6-21(12)14(23)9-22-15(18-19-20-22)11-4-2-1-3-5-11/h1-5,12-13H,6-10H2. The number of halogens is 2. The molecular formula is C15H17F2N5O2. The summed E-state index contributed by atoms with van der Waals surface area (Å²) < 4.78 is 32.0. The zero-order chi connectivity index (χ0) is 16.9. The van der Waals surface area contributed by atoms with Gasteiger partial charge in [-0.2, -0.15) is 0 Å². The molecule has 7 nitrogen and oxygen atoms in total. The monoisotopic (exact) mass is 337 g/mol. The first-order valence-corrected chi connectivity index (χ1v) is 7.62. The summed E-state index contributed by atoms with van der Waals surface area (Å²) in [5.74, 6) is 0.163. The molecule has 3 rings (SSSR count). The van der Waals surface area contributed by atoms with Crippen LogP contribution in [0.2, 0.25) is 0 Å². The number of ether oxygens (including phenoxy) is 1. The molecule has 1 unspecified atom stereocenters. The lowest BCUT2D eigenvalue weighted by molar-refractivity contribution is -0.142. The molecule has 24 heavy (non-hydrogen) atoms. The Balaban J connectivity index is 1.74. The highest BCUT2D eigenvalue weighted by Crippen LogP contribution is 2.18. The van der Waals surface area contributed by atoms with Gasteiger partial charge in [0.2, 0.25) is 12.3 Å². The maximum atomic E-state index is 12.7. The summed E-state index contributed by atoms with van der Waals surface area (Å²) in [6.07, 6.45) is -2.88. The number of morpholine rings is 1. The minimum atomic E-state index is -2.49. The first kappa shape index (κ1) is 16.4. The molecule has 9 heteroatoms. The lowest BCUT2D eigenvalue weighted by Crippen LogP contribution is -2.50. The molecule has 0 bridgehead atoms. The Labute approximate surface area is 137 Å². The minimum Gasteiger partial charge on any atom is -0.377 e. The third kappa shape index (κ3) is 3.73. The number of carbonyl (C=O) groups excluding carboxylic acids is 1. The van der Waals surface area contributed by atoms with Crippen LogP contribution in [-0.4, -0.2) is 63.2 Å². The highest BCUT2D eigenvalue weighted by Gasteiger charge is 2.30. The van der Waals surface area contributed by atoms with Gasteiger partial charge in [-0.05, 0) is 10.4 Å². The SMILES string of the molecule is O=C(Cn1nnnc1-c1ccccc1)N1CCOCC1CC(F)F. The second kappa shape index (κ2) is 7.43. The fourth-order valence-electron chi connectivity index (χ4n) is 2.71. The van der Waals surface area contributed by atoms with Crippen LogP contribution in [0.4, 0.5) is 8.78 Å². The summed E-state index contributed by atoms with van der Waals surface area (Å²) in [6.45, 7) is 0.653. The number of amides is 1. The smallest absolute Gasteiger partial charge is 0.244 e. The van der Waals surface area contributed by atoms with Crippen molar-refractivity contribution in [3.05, 3.63) is 30.3 Å². The van der Waals surface area contributed by atoms with Crippen molar-refractivity contribution < 1.29 is 18.3 Å². The number of hydrogen-bond donors (Lipinski definition) is 0. The van der Waals surface area contributed by atoms with Gasteiger partial charge < -0.3 is 9.64 Å². The van der Waals surface area contributed by atoms with Crippen LogP contribution in [0.3, 0.4) is 0 Å². The molecule has 1 aromatic carbocycles. The van der Waals surface area contributed by atoms with Crippen LogP contribution in [-0.2, 0) is 16.1 Å². The van der Waals surface area contributed by atoms with Crippen LogP contribution in [0.5, 0.6) is 0 Å². The van der Waals surface area contributed by atoms with Crippen LogP contribution in [0, 0.1) is 0 Å². The summed E-state index contributed by atoms with van der Waals surface area (Å²) in [7, 11) is 0. The average molecular weight is 337 g/mol. The van der Waals surface area contributed by atoms with E-state index in [2.05, 4.69) is 15.5 Å². The van der Waals surface area contributed by atoms with Gasteiger partial charge in [0.1, 0.15) is 6.54 Å². The molecule has 0 spiro atoms. The molecule has 128 valence electrons. The van der Waals surface area contributed by atoms with Gasteiger partial charge in [-0.25, -0.2) is 13.5 Å². The summed E-state index contributed by atoms with van der Waals surface area (Å²) >= 11 is 0. The van der Waals surface area contributed by atoms with Gasteiger partial charge in [0.15, 0.2) is 5.82 Å². The molecule has 2 aromatic rings. The van der Waals surface area contributed by atoms with Crippen LogP contribution < -0.4 is 0 Å². The van der Waals surface area contributed by atoms with Crippen molar-refractivity contribution in [2.45, 2.75) is 25.4 Å². The lowest BCUT2D eigenvalue weighted by Gasteiger charge is -2.35. The number of alkyl halides is 2. The van der Waals surface area contributed by atoms with Crippen molar-refractivity contribution >= 4 is 5.91 Å². The fraction of sp³-hybridized carbons (Fsp3) is 0.467. The Hall–Kier alpha value is -2.42. The number of benzene rings is 1. The summed E-state index contributed by atoms with van der Waals surface area (Å²) in [6, 6.07) is 8.60. The van der Waals surface area contributed by atoms with E-state index < -0.39 is 18.9 Å². The Morgan fingerprint density at radius 1 is 1.33 bits per heavy atom. The van der Waals surface area contributed by atoms with E-state index in [1.54, 1.807) is 0 Å². The Kier molecular flexibility index (Phi) is 5.09. The largest absolute Gasteiger partial charge is 0.377 e. The molecule has 1 aliphatic rings. The molecule has 1 fully saturated rings. The van der Waals surface area contributed by atoms with Crippen LogP contribution in [0.25, 0.3) is 11.4 Å². The van der Waals surface area contributed by atoms with E-state index in [1.165, 1.54) is 9.58 Å². The van der Waals surface area contributed by atoms with E-state index in [-0.39, 0.29) is 19.1 Å². The van der Waals surface area contributed by atoms with Crippen LogP contribution >= 0.6 is 0 Å². The Bertz CT molecular complexity index is 680.